The van der Waals surface area contributed by atoms with Gasteiger partial charge in [0.15, 0.2) is 0 Å². The zero-order chi connectivity index (χ0) is 24.3. The predicted octanol–water partition coefficient (Wildman–Crippen LogP) is -1.88. The van der Waals surface area contributed by atoms with Crippen molar-refractivity contribution in [3.63, 3.8) is 0 Å². The first-order valence-corrected chi connectivity index (χ1v) is 14.7. The SMILES string of the molecule is CCCC[N+](C)(CCCC)CCC[N+](C)(CCCC)CCC[N+](C)(CCCC)CCCC.[I-].[I-].[I-]. The van der Waals surface area contributed by atoms with Gasteiger partial charge in [-0.15, -0.1) is 0 Å². The van der Waals surface area contributed by atoms with Crippen molar-refractivity contribution in [2.45, 2.75) is 112 Å². The second-order valence-electron chi connectivity index (χ2n) is 11.8. The topological polar surface area (TPSA) is 0 Å². The largest absolute Gasteiger partial charge is 1.00 e. The third-order valence-electron chi connectivity index (χ3n) is 8.05. The van der Waals surface area contributed by atoms with Crippen molar-refractivity contribution in [2.24, 2.45) is 0 Å². The van der Waals surface area contributed by atoms with Crippen molar-refractivity contribution in [3.05, 3.63) is 0 Å². The Balaban J connectivity index is -0.00000160. The molecule has 0 bridgehead atoms. The van der Waals surface area contributed by atoms with Crippen molar-refractivity contribution in [3.8, 4) is 0 Å². The van der Waals surface area contributed by atoms with E-state index in [-0.39, 0.29) is 71.9 Å². The van der Waals surface area contributed by atoms with Crippen LogP contribution in [-0.4, -0.2) is 93.5 Å². The van der Waals surface area contributed by atoms with Gasteiger partial charge < -0.3 is 85.4 Å². The predicted molar refractivity (Wildman–Crippen MR) is 146 cm³/mol. The first-order valence-electron chi connectivity index (χ1n) is 14.7. The van der Waals surface area contributed by atoms with E-state index in [9.17, 15) is 0 Å². The average Bonchev–Trinajstić information content (AvgIpc) is 2.78. The molecule has 35 heavy (non-hydrogen) atoms. The molecular weight excluding hydrogens is 771 g/mol. The number of hydrogen-bond acceptors (Lipinski definition) is 0. The van der Waals surface area contributed by atoms with Crippen LogP contribution in [0.15, 0.2) is 0 Å². The maximum absolute atomic E-state index is 2.57. The fourth-order valence-corrected chi connectivity index (χ4v) is 5.37. The van der Waals surface area contributed by atoms with Gasteiger partial charge in [0.2, 0.25) is 0 Å². The van der Waals surface area contributed by atoms with Gasteiger partial charge in [-0.1, -0.05) is 66.7 Å². The van der Waals surface area contributed by atoms with Gasteiger partial charge in [0.05, 0.1) is 80.0 Å². The lowest BCUT2D eigenvalue weighted by Gasteiger charge is -2.40. The molecule has 0 unspecified atom stereocenters. The number of nitrogens with zero attached hydrogens (tertiary/aromatic N) is 3. The molecule has 0 fully saturated rings. The van der Waals surface area contributed by atoms with Crippen LogP contribution in [0.1, 0.15) is 112 Å². The zero-order valence-electron chi connectivity index (χ0n) is 25.3. The first-order chi connectivity index (χ1) is 15.2. The van der Waals surface area contributed by atoms with Crippen LogP contribution in [0.2, 0.25) is 0 Å². The van der Waals surface area contributed by atoms with Gasteiger partial charge in [-0.2, -0.15) is 0 Å². The summed E-state index contributed by atoms with van der Waals surface area (Å²) in [6, 6.07) is 0. The fourth-order valence-electron chi connectivity index (χ4n) is 5.37. The van der Waals surface area contributed by atoms with E-state index in [1.165, 1.54) is 149 Å². The van der Waals surface area contributed by atoms with E-state index < -0.39 is 0 Å². The summed E-state index contributed by atoms with van der Waals surface area (Å²) in [4.78, 5) is 0. The van der Waals surface area contributed by atoms with E-state index in [0.717, 1.165) is 0 Å². The third-order valence-corrected chi connectivity index (χ3v) is 8.05. The molecule has 0 spiro atoms. The Morgan fingerprint density at radius 1 is 0.286 bits per heavy atom. The Labute approximate surface area is 274 Å². The zero-order valence-corrected chi connectivity index (χ0v) is 31.8. The number of unbranched alkanes of at least 4 members (excludes halogenated alkanes) is 5. The monoisotopic (exact) mass is 837 g/mol. The van der Waals surface area contributed by atoms with Crippen LogP contribution in [0.5, 0.6) is 0 Å². The van der Waals surface area contributed by atoms with Crippen LogP contribution in [0.25, 0.3) is 0 Å². The van der Waals surface area contributed by atoms with Gasteiger partial charge in [-0.25, -0.2) is 0 Å². The van der Waals surface area contributed by atoms with E-state index in [2.05, 4.69) is 55.8 Å². The summed E-state index contributed by atoms with van der Waals surface area (Å²) in [5.41, 5.74) is 0. The van der Waals surface area contributed by atoms with Crippen LogP contribution in [0.3, 0.4) is 0 Å². The molecule has 6 heteroatoms. The highest BCUT2D eigenvalue weighted by atomic mass is 127. The smallest absolute Gasteiger partial charge is 0.0839 e. The molecule has 0 aromatic carbocycles. The molecule has 0 aliphatic carbocycles. The molecule has 0 heterocycles. The minimum Gasteiger partial charge on any atom is -1.00 e. The minimum absolute atomic E-state index is 0. The Kier molecular flexibility index (Phi) is 33.1. The average molecular weight is 838 g/mol. The summed E-state index contributed by atoms with van der Waals surface area (Å²) in [5.74, 6) is 0. The maximum atomic E-state index is 2.57. The van der Waals surface area contributed by atoms with E-state index in [1.54, 1.807) is 0 Å². The molecule has 0 radical (unpaired) electrons. The number of rotatable bonds is 23. The molecule has 0 saturated heterocycles. The molecule has 0 aromatic heterocycles. The Bertz CT molecular complexity index is 387. The number of halogens is 3. The molecule has 218 valence electrons. The van der Waals surface area contributed by atoms with Crippen LogP contribution in [-0.2, 0) is 0 Å². The lowest BCUT2D eigenvalue weighted by atomic mass is 10.1. The normalized spacial score (nSPS) is 12.0. The van der Waals surface area contributed by atoms with Crippen LogP contribution < -0.4 is 71.9 Å². The summed E-state index contributed by atoms with van der Waals surface area (Å²) >= 11 is 0. The summed E-state index contributed by atoms with van der Waals surface area (Å²) in [7, 11) is 7.64. The van der Waals surface area contributed by atoms with Crippen LogP contribution in [0.4, 0.5) is 0 Å². The number of quaternary nitrogens is 3. The van der Waals surface area contributed by atoms with Crippen LogP contribution >= 0.6 is 0 Å². The Morgan fingerprint density at radius 2 is 0.429 bits per heavy atom. The molecule has 0 rings (SSSR count). The number of hydrogen-bond donors (Lipinski definition) is 0. The summed E-state index contributed by atoms with van der Waals surface area (Å²) in [6.45, 7) is 24.1. The highest BCUT2D eigenvalue weighted by Gasteiger charge is 2.27. The fraction of sp³-hybridized carbons (Fsp3) is 1.00. The molecule has 0 aliphatic heterocycles. The van der Waals surface area contributed by atoms with Gasteiger partial charge in [-0.05, 0) is 32.1 Å². The summed E-state index contributed by atoms with van der Waals surface area (Å²) in [6.07, 6.45) is 16.3. The Morgan fingerprint density at radius 3 is 0.571 bits per heavy atom. The van der Waals surface area contributed by atoms with Crippen molar-refractivity contribution >= 4 is 0 Å². The maximum Gasteiger partial charge on any atom is 0.0839 e. The lowest BCUT2D eigenvalue weighted by molar-refractivity contribution is -0.935. The van der Waals surface area contributed by atoms with Gasteiger partial charge in [0.1, 0.15) is 0 Å². The summed E-state index contributed by atoms with van der Waals surface area (Å²) in [5, 5.41) is 0. The summed E-state index contributed by atoms with van der Waals surface area (Å²) < 4.78 is 3.91. The van der Waals surface area contributed by atoms with E-state index in [0.29, 0.717) is 0 Å². The van der Waals surface area contributed by atoms with Gasteiger partial charge in [0.25, 0.3) is 0 Å². The standard InChI is InChI=1S/C29H66N3.3HI/c1-9-14-21-30(6,22-15-10-2)26-19-28-32(8,25-18-13-5)29-20-27-31(7,23-16-11-3)24-17-12-4;;;/h9-29H2,1-8H3;3*1H/q+3;;;/p-3. The second kappa shape index (κ2) is 26.3. The molecule has 0 aromatic rings. The molecule has 0 N–H and O–H groups in total. The molecule has 0 saturated carbocycles. The molecule has 0 amide bonds. The molecule has 0 atom stereocenters. The quantitative estimate of drug-likeness (QED) is 0.0837. The van der Waals surface area contributed by atoms with Crippen molar-refractivity contribution < 1.29 is 85.4 Å². The van der Waals surface area contributed by atoms with E-state index in [4.69, 9.17) is 0 Å². The molecular formula is C29H66I3N3. The highest BCUT2D eigenvalue weighted by molar-refractivity contribution is 4.50. The molecule has 0 aliphatic rings. The lowest BCUT2D eigenvalue weighted by Crippen LogP contribution is -3.00. The second-order valence-corrected chi connectivity index (χ2v) is 11.8. The Hall–Kier alpha value is 2.07. The third kappa shape index (κ3) is 22.6. The van der Waals surface area contributed by atoms with Crippen molar-refractivity contribution in [1.82, 2.24) is 0 Å². The van der Waals surface area contributed by atoms with Gasteiger partial charge >= 0.3 is 0 Å². The van der Waals surface area contributed by atoms with E-state index >= 15 is 0 Å². The highest BCUT2D eigenvalue weighted by Crippen LogP contribution is 2.16. The minimum atomic E-state index is 0. The van der Waals surface area contributed by atoms with Crippen molar-refractivity contribution in [2.75, 3.05) is 80.0 Å². The van der Waals surface area contributed by atoms with Gasteiger partial charge in [0, 0.05) is 12.8 Å². The van der Waals surface area contributed by atoms with E-state index in [1.807, 2.05) is 0 Å². The van der Waals surface area contributed by atoms with Crippen molar-refractivity contribution in [1.29, 1.82) is 0 Å². The molecule has 3 nitrogen and oxygen atoms in total. The first kappa shape index (κ1) is 44.1. The van der Waals surface area contributed by atoms with Gasteiger partial charge in [-0.3, -0.25) is 0 Å². The van der Waals surface area contributed by atoms with Crippen LogP contribution in [0, 0.1) is 0 Å².